The lowest BCUT2D eigenvalue weighted by Gasteiger charge is -2.11. The maximum absolute atomic E-state index is 12.5. The van der Waals surface area contributed by atoms with Crippen molar-refractivity contribution in [2.24, 2.45) is 0 Å². The van der Waals surface area contributed by atoms with Crippen molar-refractivity contribution in [3.63, 3.8) is 0 Å². The molecule has 3 aromatic rings. The Morgan fingerprint density at radius 3 is 2.73 bits per heavy atom. The fraction of sp³-hybridized carbons (Fsp3) is 0.273. The quantitative estimate of drug-likeness (QED) is 0.763. The third-order valence-electron chi connectivity index (χ3n) is 4.87. The van der Waals surface area contributed by atoms with Crippen molar-refractivity contribution in [3.8, 4) is 11.3 Å². The van der Waals surface area contributed by atoms with Crippen LogP contribution >= 0.6 is 0 Å². The molecule has 0 radical (unpaired) electrons. The van der Waals surface area contributed by atoms with E-state index in [0.29, 0.717) is 6.42 Å². The molecule has 0 unspecified atom stereocenters. The lowest BCUT2D eigenvalue weighted by molar-refractivity contribution is -0.115. The third-order valence-corrected chi connectivity index (χ3v) is 4.87. The molecule has 1 aliphatic rings. The zero-order chi connectivity index (χ0) is 17.9. The number of para-hydroxylation sites is 1. The second-order valence-electron chi connectivity index (χ2n) is 6.95. The monoisotopic (exact) mass is 345 g/mol. The van der Waals surface area contributed by atoms with Crippen molar-refractivity contribution in [2.45, 2.75) is 39.2 Å². The molecule has 0 spiro atoms. The van der Waals surface area contributed by atoms with Gasteiger partial charge < -0.3 is 9.88 Å². The molecule has 0 bridgehead atoms. The van der Waals surface area contributed by atoms with Crippen molar-refractivity contribution in [3.05, 3.63) is 71.7 Å². The lowest BCUT2D eigenvalue weighted by atomic mass is 10.1. The summed E-state index contributed by atoms with van der Waals surface area (Å²) in [4.78, 5) is 17.3. The van der Waals surface area contributed by atoms with E-state index in [1.54, 1.807) is 0 Å². The number of benzene rings is 2. The van der Waals surface area contributed by atoms with Crippen LogP contribution in [0.5, 0.6) is 0 Å². The van der Waals surface area contributed by atoms with Gasteiger partial charge >= 0.3 is 0 Å². The van der Waals surface area contributed by atoms with Crippen LogP contribution < -0.4 is 5.32 Å². The fourth-order valence-corrected chi connectivity index (χ4v) is 3.44. The van der Waals surface area contributed by atoms with Crippen molar-refractivity contribution in [1.82, 2.24) is 9.55 Å². The van der Waals surface area contributed by atoms with Gasteiger partial charge in [-0.15, -0.1) is 0 Å². The van der Waals surface area contributed by atoms with E-state index in [1.165, 1.54) is 18.4 Å². The molecule has 1 aromatic heterocycles. The molecule has 0 atom stereocenters. The molecule has 4 nitrogen and oxygen atoms in total. The fourth-order valence-electron chi connectivity index (χ4n) is 3.44. The number of imidazole rings is 1. The van der Waals surface area contributed by atoms with E-state index in [4.69, 9.17) is 4.98 Å². The number of nitrogens with zero attached hydrogens (tertiary/aromatic N) is 2. The van der Waals surface area contributed by atoms with Gasteiger partial charge in [0.1, 0.15) is 5.82 Å². The van der Waals surface area contributed by atoms with Crippen molar-refractivity contribution >= 4 is 11.6 Å². The molecule has 4 heteroatoms. The number of hydrogen-bond acceptors (Lipinski definition) is 2. The Bertz CT molecular complexity index is 901. The number of aromatic nitrogens is 2. The standard InChI is InChI=1S/C22H23N3O/c1-16-9-11-17(12-10-16)14-22(26)24-19-7-3-2-6-18(19)20-15-25-13-5-4-8-21(25)23-20/h2-3,6-7,9-12,15H,4-5,8,13-14H2,1H3,(H,24,26). The number of anilines is 1. The van der Waals surface area contributed by atoms with Crippen LogP contribution in [0.25, 0.3) is 11.3 Å². The van der Waals surface area contributed by atoms with Gasteiger partial charge in [0.25, 0.3) is 0 Å². The van der Waals surface area contributed by atoms with Gasteiger partial charge in [0, 0.05) is 24.7 Å². The van der Waals surface area contributed by atoms with Crippen molar-refractivity contribution in [1.29, 1.82) is 0 Å². The van der Waals surface area contributed by atoms with Gasteiger partial charge in [-0.3, -0.25) is 4.79 Å². The SMILES string of the molecule is Cc1ccc(CC(=O)Nc2ccccc2-c2cn3c(n2)CCCC3)cc1. The zero-order valence-corrected chi connectivity index (χ0v) is 15.0. The number of hydrogen-bond donors (Lipinski definition) is 1. The zero-order valence-electron chi connectivity index (χ0n) is 15.0. The Kier molecular flexibility index (Phi) is 4.57. The molecule has 1 N–H and O–H groups in total. The van der Waals surface area contributed by atoms with Gasteiger partial charge in [0.15, 0.2) is 0 Å². The summed E-state index contributed by atoms with van der Waals surface area (Å²) in [6.45, 7) is 3.08. The molecular weight excluding hydrogens is 322 g/mol. The number of aryl methyl sites for hydroxylation is 3. The molecule has 132 valence electrons. The second-order valence-corrected chi connectivity index (χ2v) is 6.95. The molecule has 2 aromatic carbocycles. The molecule has 26 heavy (non-hydrogen) atoms. The molecule has 0 saturated carbocycles. The smallest absolute Gasteiger partial charge is 0.228 e. The van der Waals surface area contributed by atoms with Gasteiger partial charge in [0.2, 0.25) is 5.91 Å². The van der Waals surface area contributed by atoms with E-state index in [-0.39, 0.29) is 5.91 Å². The van der Waals surface area contributed by atoms with Gasteiger partial charge in [-0.25, -0.2) is 4.98 Å². The number of fused-ring (bicyclic) bond motifs is 1. The first kappa shape index (κ1) is 16.6. The predicted octanol–water partition coefficient (Wildman–Crippen LogP) is 4.38. The molecule has 0 aliphatic carbocycles. The van der Waals surface area contributed by atoms with E-state index in [0.717, 1.165) is 41.3 Å². The van der Waals surface area contributed by atoms with Crippen LogP contribution in [0.4, 0.5) is 5.69 Å². The average molecular weight is 345 g/mol. The van der Waals surface area contributed by atoms with Crippen LogP contribution in [0, 0.1) is 6.92 Å². The van der Waals surface area contributed by atoms with Crippen LogP contribution in [-0.2, 0) is 24.2 Å². The number of carbonyl (C=O) groups is 1. The average Bonchev–Trinajstić information content (AvgIpc) is 3.08. The van der Waals surface area contributed by atoms with E-state index in [2.05, 4.69) is 16.1 Å². The van der Waals surface area contributed by atoms with Gasteiger partial charge in [-0.2, -0.15) is 0 Å². The van der Waals surface area contributed by atoms with Crippen LogP contribution in [0.3, 0.4) is 0 Å². The number of nitrogens with one attached hydrogen (secondary N) is 1. The minimum absolute atomic E-state index is 0.00900. The molecule has 1 aliphatic heterocycles. The molecule has 1 amide bonds. The Hall–Kier alpha value is -2.88. The summed E-state index contributed by atoms with van der Waals surface area (Å²) >= 11 is 0. The van der Waals surface area contributed by atoms with Gasteiger partial charge in [0.05, 0.1) is 17.8 Å². The van der Waals surface area contributed by atoms with Gasteiger partial charge in [-0.05, 0) is 31.4 Å². The Morgan fingerprint density at radius 1 is 1.12 bits per heavy atom. The Labute approximate surface area is 153 Å². The largest absolute Gasteiger partial charge is 0.334 e. The normalized spacial score (nSPS) is 13.3. The summed E-state index contributed by atoms with van der Waals surface area (Å²) in [5.74, 6) is 1.14. The van der Waals surface area contributed by atoms with E-state index < -0.39 is 0 Å². The third kappa shape index (κ3) is 3.54. The summed E-state index contributed by atoms with van der Waals surface area (Å²) < 4.78 is 2.24. The Balaban J connectivity index is 1.55. The molecular formula is C22H23N3O. The minimum Gasteiger partial charge on any atom is -0.334 e. The predicted molar refractivity (Wildman–Crippen MR) is 104 cm³/mol. The van der Waals surface area contributed by atoms with Gasteiger partial charge in [-0.1, -0.05) is 48.0 Å². The lowest BCUT2D eigenvalue weighted by Crippen LogP contribution is -2.15. The van der Waals surface area contributed by atoms with E-state index >= 15 is 0 Å². The highest BCUT2D eigenvalue weighted by Crippen LogP contribution is 2.29. The topological polar surface area (TPSA) is 46.9 Å². The van der Waals surface area contributed by atoms with Crippen LogP contribution in [0.15, 0.2) is 54.7 Å². The van der Waals surface area contributed by atoms with Crippen LogP contribution in [0.1, 0.15) is 29.8 Å². The summed E-state index contributed by atoms with van der Waals surface area (Å²) in [6, 6.07) is 16.0. The summed E-state index contributed by atoms with van der Waals surface area (Å²) in [6.07, 6.45) is 5.92. The Morgan fingerprint density at radius 2 is 1.92 bits per heavy atom. The number of rotatable bonds is 4. The summed E-state index contributed by atoms with van der Waals surface area (Å²) in [5.41, 5.74) is 4.95. The van der Waals surface area contributed by atoms with E-state index in [9.17, 15) is 4.79 Å². The first-order valence-electron chi connectivity index (χ1n) is 9.20. The summed E-state index contributed by atoms with van der Waals surface area (Å²) in [5, 5.41) is 3.06. The first-order valence-corrected chi connectivity index (χ1v) is 9.20. The van der Waals surface area contributed by atoms with Crippen LogP contribution in [0.2, 0.25) is 0 Å². The number of amides is 1. The maximum atomic E-state index is 12.5. The molecule has 0 saturated heterocycles. The maximum Gasteiger partial charge on any atom is 0.228 e. The summed E-state index contributed by atoms with van der Waals surface area (Å²) in [7, 11) is 0. The highest BCUT2D eigenvalue weighted by atomic mass is 16.1. The minimum atomic E-state index is -0.00900. The van der Waals surface area contributed by atoms with E-state index in [1.807, 2.05) is 55.5 Å². The highest BCUT2D eigenvalue weighted by Gasteiger charge is 2.16. The van der Waals surface area contributed by atoms with Crippen molar-refractivity contribution in [2.75, 3.05) is 5.32 Å². The first-order chi connectivity index (χ1) is 12.7. The molecule has 4 rings (SSSR count). The van der Waals surface area contributed by atoms with Crippen LogP contribution in [-0.4, -0.2) is 15.5 Å². The molecule has 0 fully saturated rings. The molecule has 2 heterocycles. The second kappa shape index (κ2) is 7.16. The van der Waals surface area contributed by atoms with Crippen molar-refractivity contribution < 1.29 is 4.79 Å². The number of carbonyl (C=O) groups excluding carboxylic acids is 1. The highest BCUT2D eigenvalue weighted by molar-refractivity contribution is 5.96.